The van der Waals surface area contributed by atoms with Crippen LogP contribution >= 0.6 is 0 Å². The standard InChI is InChI=1S/C15H13N3O7/c1-3-23-15(22)18-8-5-10(14(20)21)25-11(8)12(17-18)16-13(19)9-4-7(2)6-24-9/h4-6H,3H2,1-2H3,(H,20,21)(H,16,17,19). The van der Waals surface area contributed by atoms with Crippen molar-refractivity contribution in [3.63, 3.8) is 0 Å². The number of ether oxygens (including phenoxy) is 1. The van der Waals surface area contributed by atoms with Crippen LogP contribution in [0.2, 0.25) is 0 Å². The Labute approximate surface area is 139 Å². The van der Waals surface area contributed by atoms with Crippen molar-refractivity contribution in [1.82, 2.24) is 9.78 Å². The lowest BCUT2D eigenvalue weighted by Gasteiger charge is -2.01. The van der Waals surface area contributed by atoms with Crippen molar-refractivity contribution >= 4 is 34.9 Å². The average molecular weight is 347 g/mol. The van der Waals surface area contributed by atoms with Gasteiger partial charge in [0, 0.05) is 6.07 Å². The molecular weight excluding hydrogens is 334 g/mol. The number of hydrogen-bond donors (Lipinski definition) is 2. The van der Waals surface area contributed by atoms with E-state index in [1.54, 1.807) is 13.8 Å². The fourth-order valence-corrected chi connectivity index (χ4v) is 2.14. The topological polar surface area (TPSA) is 137 Å². The van der Waals surface area contributed by atoms with E-state index in [2.05, 4.69) is 10.4 Å². The fourth-order valence-electron chi connectivity index (χ4n) is 2.14. The number of nitrogens with zero attached hydrogens (tertiary/aromatic N) is 2. The minimum Gasteiger partial charge on any atom is -0.475 e. The first kappa shape index (κ1) is 16.3. The molecule has 3 heterocycles. The van der Waals surface area contributed by atoms with Crippen molar-refractivity contribution in [2.75, 3.05) is 11.9 Å². The quantitative estimate of drug-likeness (QED) is 0.734. The van der Waals surface area contributed by atoms with Gasteiger partial charge in [0.05, 0.1) is 12.9 Å². The summed E-state index contributed by atoms with van der Waals surface area (Å²) < 4.78 is 15.9. The highest BCUT2D eigenvalue weighted by Crippen LogP contribution is 2.27. The zero-order chi connectivity index (χ0) is 18.1. The molecule has 0 saturated carbocycles. The SMILES string of the molecule is CCOC(=O)n1nc(NC(=O)c2cc(C)co2)c2oc(C(=O)O)cc21. The van der Waals surface area contributed by atoms with E-state index >= 15 is 0 Å². The smallest absolute Gasteiger partial charge is 0.435 e. The number of carbonyl (C=O) groups is 3. The summed E-state index contributed by atoms with van der Waals surface area (Å²) in [7, 11) is 0. The molecule has 0 saturated heterocycles. The van der Waals surface area contributed by atoms with Crippen LogP contribution in [0.5, 0.6) is 0 Å². The molecule has 0 aromatic carbocycles. The number of aryl methyl sites for hydroxylation is 1. The van der Waals surface area contributed by atoms with Gasteiger partial charge in [-0.15, -0.1) is 5.10 Å². The number of aromatic carboxylic acids is 1. The maximum Gasteiger partial charge on any atom is 0.435 e. The number of rotatable bonds is 4. The molecular formula is C15H13N3O7. The van der Waals surface area contributed by atoms with Crippen molar-refractivity contribution in [3.05, 3.63) is 35.5 Å². The Hall–Kier alpha value is -3.56. The number of aromatic nitrogens is 2. The number of amides is 1. The molecule has 3 aromatic rings. The number of carboxylic acid groups (broad SMARTS) is 1. The number of carbonyl (C=O) groups excluding carboxylic acids is 2. The number of carboxylic acids is 1. The fraction of sp³-hybridized carbons (Fsp3) is 0.200. The van der Waals surface area contributed by atoms with Gasteiger partial charge in [-0.05, 0) is 25.5 Å². The van der Waals surface area contributed by atoms with E-state index in [4.69, 9.17) is 18.7 Å². The molecule has 25 heavy (non-hydrogen) atoms. The number of furan rings is 2. The lowest BCUT2D eigenvalue weighted by molar-refractivity contribution is 0.0664. The van der Waals surface area contributed by atoms with E-state index in [9.17, 15) is 14.4 Å². The van der Waals surface area contributed by atoms with Crippen molar-refractivity contribution in [2.45, 2.75) is 13.8 Å². The summed E-state index contributed by atoms with van der Waals surface area (Å²) in [6.45, 7) is 3.45. The molecule has 0 radical (unpaired) electrons. The Morgan fingerprint density at radius 3 is 2.68 bits per heavy atom. The first-order valence-electron chi connectivity index (χ1n) is 7.20. The Morgan fingerprint density at radius 2 is 2.08 bits per heavy atom. The van der Waals surface area contributed by atoms with Crippen molar-refractivity contribution < 1.29 is 33.1 Å². The Morgan fingerprint density at radius 1 is 1.32 bits per heavy atom. The molecule has 0 bridgehead atoms. The normalized spacial score (nSPS) is 10.8. The molecule has 0 spiro atoms. The lowest BCUT2D eigenvalue weighted by atomic mass is 10.3. The van der Waals surface area contributed by atoms with Gasteiger partial charge >= 0.3 is 12.1 Å². The zero-order valence-electron chi connectivity index (χ0n) is 13.2. The number of fused-ring (bicyclic) bond motifs is 1. The van der Waals surface area contributed by atoms with Crippen molar-refractivity contribution in [1.29, 1.82) is 0 Å². The van der Waals surface area contributed by atoms with Gasteiger partial charge in [-0.1, -0.05) is 0 Å². The largest absolute Gasteiger partial charge is 0.475 e. The first-order valence-corrected chi connectivity index (χ1v) is 7.20. The van der Waals surface area contributed by atoms with Crippen LogP contribution in [0.25, 0.3) is 11.1 Å². The predicted molar refractivity (Wildman–Crippen MR) is 82.8 cm³/mol. The molecule has 0 aliphatic rings. The van der Waals surface area contributed by atoms with Gasteiger partial charge in [0.25, 0.3) is 5.91 Å². The second-order valence-electron chi connectivity index (χ2n) is 5.03. The van der Waals surface area contributed by atoms with E-state index in [-0.39, 0.29) is 29.3 Å². The van der Waals surface area contributed by atoms with E-state index < -0.39 is 23.7 Å². The summed E-state index contributed by atoms with van der Waals surface area (Å²) >= 11 is 0. The number of nitrogens with one attached hydrogen (secondary N) is 1. The van der Waals surface area contributed by atoms with E-state index in [0.29, 0.717) is 0 Å². The van der Waals surface area contributed by atoms with E-state index in [1.807, 2.05) is 0 Å². The minimum absolute atomic E-state index is 0.0290. The number of hydrogen-bond acceptors (Lipinski definition) is 7. The van der Waals surface area contributed by atoms with Gasteiger partial charge in [-0.25, -0.2) is 9.59 Å². The Kier molecular flexibility index (Phi) is 4.01. The van der Waals surface area contributed by atoms with E-state index in [1.165, 1.54) is 12.3 Å². The van der Waals surface area contributed by atoms with Gasteiger partial charge in [-0.3, -0.25) is 10.1 Å². The molecule has 0 aliphatic carbocycles. The van der Waals surface area contributed by atoms with Crippen LogP contribution in [0.1, 0.15) is 33.6 Å². The predicted octanol–water partition coefficient (Wildman–Crippen LogP) is 2.49. The highest BCUT2D eigenvalue weighted by atomic mass is 16.6. The minimum atomic E-state index is -1.33. The Bertz CT molecular complexity index is 979. The summed E-state index contributed by atoms with van der Waals surface area (Å²) in [4.78, 5) is 35.2. The van der Waals surface area contributed by atoms with Crippen LogP contribution < -0.4 is 5.32 Å². The summed E-state index contributed by atoms with van der Waals surface area (Å²) in [5, 5.41) is 15.4. The third kappa shape index (κ3) is 2.96. The second kappa shape index (κ2) is 6.15. The monoisotopic (exact) mass is 347 g/mol. The maximum atomic E-state index is 12.2. The van der Waals surface area contributed by atoms with Crippen LogP contribution in [0.15, 0.2) is 27.2 Å². The molecule has 0 fully saturated rings. The first-order chi connectivity index (χ1) is 11.9. The van der Waals surface area contributed by atoms with Crippen molar-refractivity contribution in [2.24, 2.45) is 0 Å². The average Bonchev–Trinajstić information content (AvgIpc) is 3.23. The molecule has 0 aliphatic heterocycles. The van der Waals surface area contributed by atoms with Crippen LogP contribution in [-0.2, 0) is 4.74 Å². The summed E-state index contributed by atoms with van der Waals surface area (Å²) in [5.74, 6) is -2.46. The van der Waals surface area contributed by atoms with Gasteiger partial charge in [0.15, 0.2) is 17.2 Å². The number of anilines is 1. The molecule has 0 unspecified atom stereocenters. The van der Waals surface area contributed by atoms with Crippen molar-refractivity contribution in [3.8, 4) is 0 Å². The molecule has 10 nitrogen and oxygen atoms in total. The second-order valence-corrected chi connectivity index (χ2v) is 5.03. The zero-order valence-corrected chi connectivity index (χ0v) is 13.2. The molecule has 3 aromatic heterocycles. The maximum absolute atomic E-state index is 12.2. The van der Waals surface area contributed by atoms with Gasteiger partial charge in [0.2, 0.25) is 5.76 Å². The third-order valence-electron chi connectivity index (χ3n) is 3.19. The molecule has 1 amide bonds. The van der Waals surface area contributed by atoms with Crippen LogP contribution in [0.4, 0.5) is 10.6 Å². The van der Waals surface area contributed by atoms with Crippen LogP contribution in [0.3, 0.4) is 0 Å². The molecule has 0 atom stereocenters. The van der Waals surface area contributed by atoms with Gasteiger partial charge in [0.1, 0.15) is 5.52 Å². The molecule has 10 heteroatoms. The lowest BCUT2D eigenvalue weighted by Crippen LogP contribution is -2.16. The molecule has 2 N–H and O–H groups in total. The highest BCUT2D eigenvalue weighted by molar-refractivity contribution is 6.07. The van der Waals surface area contributed by atoms with Crippen LogP contribution in [0, 0.1) is 6.92 Å². The van der Waals surface area contributed by atoms with Gasteiger partial charge < -0.3 is 18.7 Å². The summed E-state index contributed by atoms with van der Waals surface area (Å²) in [5.41, 5.74) is 0.738. The summed E-state index contributed by atoms with van der Waals surface area (Å²) in [6, 6.07) is 2.63. The van der Waals surface area contributed by atoms with Crippen LogP contribution in [-0.4, -0.2) is 39.5 Å². The summed E-state index contributed by atoms with van der Waals surface area (Å²) in [6.07, 6.45) is 0.566. The molecule has 130 valence electrons. The van der Waals surface area contributed by atoms with Gasteiger partial charge in [-0.2, -0.15) is 4.68 Å². The Balaban J connectivity index is 2.03. The highest BCUT2D eigenvalue weighted by Gasteiger charge is 2.25. The van der Waals surface area contributed by atoms with E-state index in [0.717, 1.165) is 16.3 Å². The molecule has 3 rings (SSSR count). The third-order valence-corrected chi connectivity index (χ3v) is 3.19.